The minimum absolute atomic E-state index is 0.0705. The number of hydrogen-bond donors (Lipinski definition) is 2. The molecule has 0 amide bonds. The van der Waals surface area contributed by atoms with Crippen molar-refractivity contribution in [2.75, 3.05) is 13.6 Å². The molecule has 0 aliphatic carbocycles. The second-order valence-electron chi connectivity index (χ2n) is 8.03. The molecule has 0 aliphatic rings. The van der Waals surface area contributed by atoms with E-state index in [4.69, 9.17) is 14.3 Å². The van der Waals surface area contributed by atoms with E-state index in [9.17, 15) is 26.3 Å². The van der Waals surface area contributed by atoms with Crippen molar-refractivity contribution in [1.29, 1.82) is 0 Å². The average Bonchev–Trinajstić information content (AvgIpc) is 3.43. The van der Waals surface area contributed by atoms with Gasteiger partial charge in [0.1, 0.15) is 11.5 Å². The smallest absolute Gasteiger partial charge is 0.419 e. The van der Waals surface area contributed by atoms with E-state index in [-0.39, 0.29) is 30.8 Å². The molecular weight excluding hydrogens is 598 g/mol. The monoisotopic (exact) mass is 648 g/mol. The Morgan fingerprint density at radius 3 is 2.00 bits per heavy atom. The number of benzene rings is 1. The molecule has 0 aliphatic heterocycles. The SMILES string of the molecule is C/C=C\C=C/CC.C=C/C=C(Oc1ccc2[nH]cc(C(C)C)c2c1)\C(=C/CNC)C(F)(F)F.CC.CC.FC(F)F.O=CC=O. The Morgan fingerprint density at radius 2 is 1.60 bits per heavy atom. The first-order valence-corrected chi connectivity index (χ1v) is 14.5. The van der Waals surface area contributed by atoms with E-state index in [0.29, 0.717) is 5.75 Å². The van der Waals surface area contributed by atoms with Crippen LogP contribution in [-0.2, 0) is 9.59 Å². The Bertz CT molecular complexity index is 1140. The number of H-pyrrole nitrogens is 1. The minimum Gasteiger partial charge on any atom is -0.457 e. The molecule has 1 aromatic carbocycles. The summed E-state index contributed by atoms with van der Waals surface area (Å²) in [6.07, 6.45) is 10.7. The first-order chi connectivity index (χ1) is 21.3. The lowest BCUT2D eigenvalue weighted by Gasteiger charge is -2.17. The first-order valence-electron chi connectivity index (χ1n) is 14.5. The number of aldehydes is 2. The number of allylic oxidation sites excluding steroid dienone is 7. The van der Waals surface area contributed by atoms with E-state index in [1.54, 1.807) is 25.2 Å². The van der Waals surface area contributed by atoms with Gasteiger partial charge in [0.05, 0.1) is 5.57 Å². The summed E-state index contributed by atoms with van der Waals surface area (Å²) in [5.41, 5.74) is 1.16. The van der Waals surface area contributed by atoms with Crippen LogP contribution in [0.1, 0.15) is 73.3 Å². The minimum atomic E-state index is -4.53. The molecule has 0 saturated carbocycles. The number of aromatic amines is 1. The van der Waals surface area contributed by atoms with Crippen LogP contribution in [0, 0.1) is 0 Å². The number of hydrogen-bond acceptors (Lipinski definition) is 4. The fourth-order valence-corrected chi connectivity index (χ4v) is 2.96. The number of nitrogens with one attached hydrogen (secondary N) is 2. The van der Waals surface area contributed by atoms with Gasteiger partial charge in [-0.1, -0.05) is 91.5 Å². The molecule has 0 bridgehead atoms. The zero-order chi connectivity index (χ0) is 35.8. The van der Waals surface area contributed by atoms with E-state index in [1.165, 1.54) is 12.2 Å². The van der Waals surface area contributed by atoms with Crippen molar-refractivity contribution in [3.05, 3.63) is 90.4 Å². The summed E-state index contributed by atoms with van der Waals surface area (Å²) in [5.74, 6) is 0.332. The predicted octanol–water partition coefficient (Wildman–Crippen LogP) is 10.6. The van der Waals surface area contributed by atoms with Crippen molar-refractivity contribution in [3.63, 3.8) is 0 Å². The molecule has 11 heteroatoms. The van der Waals surface area contributed by atoms with E-state index < -0.39 is 18.4 Å². The number of halogens is 6. The highest BCUT2D eigenvalue weighted by molar-refractivity contribution is 6.09. The number of alkyl halides is 6. The van der Waals surface area contributed by atoms with Crippen LogP contribution < -0.4 is 10.1 Å². The van der Waals surface area contributed by atoms with Crippen LogP contribution in [0.3, 0.4) is 0 Å². The first kappa shape index (κ1) is 48.1. The molecule has 5 nitrogen and oxygen atoms in total. The van der Waals surface area contributed by atoms with Crippen LogP contribution in [0.5, 0.6) is 5.75 Å². The zero-order valence-corrected chi connectivity index (χ0v) is 27.8. The maximum atomic E-state index is 13.4. The molecular formula is C34H50F6N2O3. The van der Waals surface area contributed by atoms with Crippen LogP contribution >= 0.6 is 0 Å². The molecule has 0 unspecified atom stereocenters. The molecule has 1 aromatic heterocycles. The number of carbonyl (C=O) groups excluding carboxylic acids is 2. The third-order valence-electron chi connectivity index (χ3n) is 4.62. The van der Waals surface area contributed by atoms with Gasteiger partial charge in [-0.25, -0.2) is 0 Å². The molecule has 0 fully saturated rings. The standard InChI is InChI=1S/C20H23F3N2O.C7H12.C2H2O2.2C2H6.CHF3/c1-5-6-19(17(9-10-24-4)20(21,22)23)26-14-7-8-18-15(11-14)16(12-25-18)13(2)3;1-3-5-7-6-4-2;3-1-2-4;2*1-2;2-1(3)4/h5-9,11-13,24-25H,1,10H2,2-4H3;3,5-7H,4H2,1-2H3;1-2H;2*1-2H3;1H/b17-9+,19-6+;5-3-,7-6-;;;;. The third kappa shape index (κ3) is 25.2. The number of carbonyl (C=O) groups is 2. The van der Waals surface area contributed by atoms with E-state index in [2.05, 4.69) is 49.8 Å². The van der Waals surface area contributed by atoms with Crippen molar-refractivity contribution in [2.45, 2.75) is 80.6 Å². The van der Waals surface area contributed by atoms with Crippen LogP contribution in [0.15, 0.2) is 84.8 Å². The number of fused-ring (bicyclic) bond motifs is 1. The highest BCUT2D eigenvalue weighted by Gasteiger charge is 2.37. The Balaban J connectivity index is -0.000000363. The lowest BCUT2D eigenvalue weighted by molar-refractivity contribution is -0.122. The van der Waals surface area contributed by atoms with Gasteiger partial charge in [0, 0.05) is 23.6 Å². The second-order valence-corrected chi connectivity index (χ2v) is 8.03. The van der Waals surface area contributed by atoms with Gasteiger partial charge in [-0.3, -0.25) is 9.59 Å². The predicted molar refractivity (Wildman–Crippen MR) is 176 cm³/mol. The number of rotatable bonds is 10. The molecule has 2 rings (SSSR count). The third-order valence-corrected chi connectivity index (χ3v) is 4.62. The topological polar surface area (TPSA) is 71.2 Å². The molecule has 0 atom stereocenters. The van der Waals surface area contributed by atoms with Crippen LogP contribution in [0.4, 0.5) is 26.3 Å². The lowest BCUT2D eigenvalue weighted by atomic mass is 10.0. The summed E-state index contributed by atoms with van der Waals surface area (Å²) in [6, 6.07) is 5.20. The normalized spacial score (nSPS) is 11.1. The molecule has 0 saturated heterocycles. The second kappa shape index (κ2) is 31.6. The van der Waals surface area contributed by atoms with Gasteiger partial charge in [-0.2, -0.15) is 26.3 Å². The maximum Gasteiger partial charge on any atom is 0.419 e. The fraction of sp³-hybridized carbons (Fsp3) is 0.412. The van der Waals surface area contributed by atoms with E-state index in [1.807, 2.05) is 53.0 Å². The Hall–Kier alpha value is -3.86. The van der Waals surface area contributed by atoms with Gasteiger partial charge in [0.25, 0.3) is 0 Å². The van der Waals surface area contributed by atoms with Gasteiger partial charge in [0.15, 0.2) is 12.6 Å². The van der Waals surface area contributed by atoms with Gasteiger partial charge in [-0.05, 0) is 56.1 Å². The maximum absolute atomic E-state index is 13.4. The zero-order valence-electron chi connectivity index (χ0n) is 27.8. The fourth-order valence-electron chi connectivity index (χ4n) is 2.96. The molecule has 256 valence electrons. The van der Waals surface area contributed by atoms with E-state index in [0.717, 1.165) is 29.0 Å². The summed E-state index contributed by atoms with van der Waals surface area (Å²) in [6.45, 7) is 16.2. The van der Waals surface area contributed by atoms with Crippen molar-refractivity contribution in [3.8, 4) is 5.75 Å². The highest BCUT2D eigenvalue weighted by atomic mass is 19.4. The van der Waals surface area contributed by atoms with Gasteiger partial charge in [0.2, 0.25) is 0 Å². The van der Waals surface area contributed by atoms with Crippen molar-refractivity contribution in [1.82, 2.24) is 10.3 Å². The molecule has 0 spiro atoms. The average molecular weight is 649 g/mol. The van der Waals surface area contributed by atoms with Gasteiger partial charge < -0.3 is 15.0 Å². The number of aromatic nitrogens is 1. The van der Waals surface area contributed by atoms with Gasteiger partial charge >= 0.3 is 12.9 Å². The summed E-state index contributed by atoms with van der Waals surface area (Å²) in [5, 5.41) is 3.62. The molecule has 1 heterocycles. The summed E-state index contributed by atoms with van der Waals surface area (Å²) in [7, 11) is 1.58. The largest absolute Gasteiger partial charge is 0.457 e. The van der Waals surface area contributed by atoms with Crippen molar-refractivity contribution >= 4 is 23.5 Å². The van der Waals surface area contributed by atoms with Gasteiger partial charge in [-0.15, -0.1) is 0 Å². The lowest BCUT2D eigenvalue weighted by Crippen LogP contribution is -2.19. The molecule has 2 aromatic rings. The molecule has 45 heavy (non-hydrogen) atoms. The van der Waals surface area contributed by atoms with Crippen molar-refractivity contribution in [2.24, 2.45) is 0 Å². The number of likely N-dealkylation sites (N-methyl/N-ethyl adjacent to an activating group) is 1. The van der Waals surface area contributed by atoms with Crippen LogP contribution in [0.2, 0.25) is 0 Å². The Kier molecular flexibility index (Phi) is 33.7. The quantitative estimate of drug-likeness (QED) is 0.0884. The van der Waals surface area contributed by atoms with Crippen molar-refractivity contribution < 1.29 is 40.7 Å². The van der Waals surface area contributed by atoms with Crippen LogP contribution in [0.25, 0.3) is 10.9 Å². The Morgan fingerprint density at radius 1 is 1.04 bits per heavy atom. The molecule has 0 radical (unpaired) electrons. The molecule has 2 N–H and O–H groups in total. The number of ether oxygens (including phenoxy) is 1. The summed E-state index contributed by atoms with van der Waals surface area (Å²) >= 11 is 0. The van der Waals surface area contributed by atoms with E-state index >= 15 is 0 Å². The Labute approximate surface area is 264 Å². The van der Waals surface area contributed by atoms with Crippen LogP contribution in [-0.4, -0.2) is 44.0 Å². The highest BCUT2D eigenvalue weighted by Crippen LogP contribution is 2.34. The summed E-state index contributed by atoms with van der Waals surface area (Å²) < 4.78 is 74.9. The summed E-state index contributed by atoms with van der Waals surface area (Å²) in [4.78, 5) is 20.8.